The van der Waals surface area contributed by atoms with Crippen LogP contribution in [-0.2, 0) is 9.84 Å². The molecule has 1 aromatic carbocycles. The van der Waals surface area contributed by atoms with Crippen molar-refractivity contribution in [1.82, 2.24) is 9.97 Å². The van der Waals surface area contributed by atoms with Crippen molar-refractivity contribution >= 4 is 32.5 Å². The van der Waals surface area contributed by atoms with Crippen LogP contribution in [-0.4, -0.2) is 43.0 Å². The summed E-state index contributed by atoms with van der Waals surface area (Å²) < 4.78 is 23.1. The highest BCUT2D eigenvalue weighted by molar-refractivity contribution is 7.91. The second kappa shape index (κ2) is 4.90. The van der Waals surface area contributed by atoms with E-state index in [0.717, 1.165) is 10.9 Å². The third-order valence-electron chi connectivity index (χ3n) is 3.40. The molecule has 0 radical (unpaired) electrons. The van der Waals surface area contributed by atoms with Crippen molar-refractivity contribution in [1.29, 1.82) is 0 Å². The Morgan fingerprint density at radius 2 is 2.05 bits per heavy atom. The lowest BCUT2D eigenvalue weighted by Crippen LogP contribution is -2.21. The van der Waals surface area contributed by atoms with E-state index in [1.807, 2.05) is 24.3 Å². The molecule has 2 heterocycles. The van der Waals surface area contributed by atoms with Crippen LogP contribution in [0.3, 0.4) is 0 Å². The molecule has 106 valence electrons. The average molecular weight is 292 g/mol. The number of para-hydroxylation sites is 1. The number of hydrogen-bond donors (Lipinski definition) is 2. The SMILES string of the molecule is CNc1nc(NC2CCS(=O)(=O)C2)c2ccccc2n1. The van der Waals surface area contributed by atoms with E-state index in [-0.39, 0.29) is 17.5 Å². The van der Waals surface area contributed by atoms with Gasteiger partial charge in [-0.05, 0) is 18.6 Å². The highest BCUT2D eigenvalue weighted by Gasteiger charge is 2.28. The van der Waals surface area contributed by atoms with E-state index in [2.05, 4.69) is 20.6 Å². The lowest BCUT2D eigenvalue weighted by atomic mass is 10.2. The van der Waals surface area contributed by atoms with E-state index in [4.69, 9.17) is 0 Å². The molecule has 20 heavy (non-hydrogen) atoms. The van der Waals surface area contributed by atoms with Gasteiger partial charge in [0.15, 0.2) is 9.84 Å². The molecule has 0 saturated carbocycles. The molecule has 1 atom stereocenters. The zero-order valence-electron chi connectivity index (χ0n) is 11.1. The van der Waals surface area contributed by atoms with Gasteiger partial charge in [-0.15, -0.1) is 0 Å². The third-order valence-corrected chi connectivity index (χ3v) is 5.17. The summed E-state index contributed by atoms with van der Waals surface area (Å²) in [4.78, 5) is 8.78. The Kier molecular flexibility index (Phi) is 3.21. The van der Waals surface area contributed by atoms with Crippen molar-refractivity contribution in [2.45, 2.75) is 12.5 Å². The maximum absolute atomic E-state index is 11.5. The Labute approximate surface area is 117 Å². The molecule has 0 spiro atoms. The van der Waals surface area contributed by atoms with Gasteiger partial charge in [-0.1, -0.05) is 12.1 Å². The van der Waals surface area contributed by atoms with Gasteiger partial charge >= 0.3 is 0 Å². The first-order valence-electron chi connectivity index (χ1n) is 6.49. The molecule has 7 heteroatoms. The summed E-state index contributed by atoms with van der Waals surface area (Å²) in [5, 5.41) is 7.06. The van der Waals surface area contributed by atoms with Gasteiger partial charge in [-0.2, -0.15) is 4.98 Å². The lowest BCUT2D eigenvalue weighted by molar-refractivity contribution is 0.602. The molecule has 1 aliphatic heterocycles. The molecule has 1 aliphatic rings. The van der Waals surface area contributed by atoms with Crippen molar-refractivity contribution in [3.05, 3.63) is 24.3 Å². The zero-order valence-corrected chi connectivity index (χ0v) is 11.9. The van der Waals surface area contributed by atoms with Gasteiger partial charge in [0.2, 0.25) is 5.95 Å². The van der Waals surface area contributed by atoms with Gasteiger partial charge in [0.05, 0.1) is 17.0 Å². The predicted octanol–water partition coefficient (Wildman–Crippen LogP) is 1.27. The minimum Gasteiger partial charge on any atom is -0.366 e. The number of nitrogens with zero attached hydrogens (tertiary/aromatic N) is 2. The number of nitrogens with one attached hydrogen (secondary N) is 2. The third kappa shape index (κ3) is 2.53. The minimum atomic E-state index is -2.91. The van der Waals surface area contributed by atoms with Crippen LogP contribution in [0.2, 0.25) is 0 Å². The highest BCUT2D eigenvalue weighted by atomic mass is 32.2. The van der Waals surface area contributed by atoms with Gasteiger partial charge in [0.1, 0.15) is 5.82 Å². The molecule has 0 bridgehead atoms. The van der Waals surface area contributed by atoms with Crippen LogP contribution in [0.25, 0.3) is 10.9 Å². The molecular weight excluding hydrogens is 276 g/mol. The van der Waals surface area contributed by atoms with E-state index in [0.29, 0.717) is 18.2 Å². The average Bonchev–Trinajstić information content (AvgIpc) is 2.77. The number of benzene rings is 1. The van der Waals surface area contributed by atoms with E-state index in [1.165, 1.54) is 0 Å². The summed E-state index contributed by atoms with van der Waals surface area (Å²) in [7, 11) is -1.15. The molecule has 0 aliphatic carbocycles. The summed E-state index contributed by atoms with van der Waals surface area (Å²) >= 11 is 0. The first kappa shape index (κ1) is 13.1. The minimum absolute atomic E-state index is 0.0805. The van der Waals surface area contributed by atoms with Crippen LogP contribution in [0.15, 0.2) is 24.3 Å². The molecule has 2 aromatic rings. The van der Waals surface area contributed by atoms with E-state index >= 15 is 0 Å². The molecule has 0 amide bonds. The first-order chi connectivity index (χ1) is 9.57. The fourth-order valence-electron chi connectivity index (χ4n) is 2.40. The monoisotopic (exact) mass is 292 g/mol. The Morgan fingerprint density at radius 1 is 1.25 bits per heavy atom. The summed E-state index contributed by atoms with van der Waals surface area (Å²) in [6.45, 7) is 0. The number of rotatable bonds is 3. The number of fused-ring (bicyclic) bond motifs is 1. The molecule has 1 aromatic heterocycles. The normalized spacial score (nSPS) is 20.9. The molecule has 1 unspecified atom stereocenters. The van der Waals surface area contributed by atoms with Crippen LogP contribution in [0, 0.1) is 0 Å². The number of anilines is 2. The van der Waals surface area contributed by atoms with Crippen molar-refractivity contribution in [3.63, 3.8) is 0 Å². The molecule has 3 rings (SSSR count). The summed E-state index contributed by atoms with van der Waals surface area (Å²) in [5.74, 6) is 1.61. The second-order valence-electron chi connectivity index (χ2n) is 4.91. The Bertz CT molecular complexity index is 745. The maximum atomic E-state index is 11.5. The first-order valence-corrected chi connectivity index (χ1v) is 8.31. The van der Waals surface area contributed by atoms with E-state index < -0.39 is 9.84 Å². The van der Waals surface area contributed by atoms with Crippen LogP contribution in [0.4, 0.5) is 11.8 Å². The fourth-order valence-corrected chi connectivity index (χ4v) is 4.07. The van der Waals surface area contributed by atoms with Crippen molar-refractivity contribution in [2.24, 2.45) is 0 Å². The molecule has 2 N–H and O–H groups in total. The lowest BCUT2D eigenvalue weighted by Gasteiger charge is -2.14. The fraction of sp³-hybridized carbons (Fsp3) is 0.385. The van der Waals surface area contributed by atoms with Crippen LogP contribution in [0.5, 0.6) is 0 Å². The maximum Gasteiger partial charge on any atom is 0.224 e. The van der Waals surface area contributed by atoms with Gasteiger partial charge in [-0.25, -0.2) is 13.4 Å². The van der Waals surface area contributed by atoms with Crippen molar-refractivity contribution in [3.8, 4) is 0 Å². The topological polar surface area (TPSA) is 84.0 Å². The molecule has 6 nitrogen and oxygen atoms in total. The predicted molar refractivity (Wildman–Crippen MR) is 79.8 cm³/mol. The van der Waals surface area contributed by atoms with Gasteiger partial charge < -0.3 is 10.6 Å². The van der Waals surface area contributed by atoms with Crippen LogP contribution < -0.4 is 10.6 Å². The Morgan fingerprint density at radius 3 is 2.75 bits per heavy atom. The van der Waals surface area contributed by atoms with Crippen molar-refractivity contribution < 1.29 is 8.42 Å². The van der Waals surface area contributed by atoms with Gasteiger partial charge in [0, 0.05) is 18.5 Å². The van der Waals surface area contributed by atoms with Gasteiger partial charge in [-0.3, -0.25) is 0 Å². The van der Waals surface area contributed by atoms with E-state index in [1.54, 1.807) is 7.05 Å². The summed E-state index contributed by atoms with van der Waals surface area (Å²) in [6, 6.07) is 7.59. The smallest absolute Gasteiger partial charge is 0.224 e. The quantitative estimate of drug-likeness (QED) is 0.886. The van der Waals surface area contributed by atoms with Gasteiger partial charge in [0.25, 0.3) is 0 Å². The number of sulfone groups is 1. The standard InChI is InChI=1S/C13H16N4O2S/c1-14-13-16-11-5-3-2-4-10(11)12(17-13)15-9-6-7-20(18,19)8-9/h2-5,9H,6-8H2,1H3,(H2,14,15,16,17). The zero-order chi connectivity index (χ0) is 14.2. The highest BCUT2D eigenvalue weighted by Crippen LogP contribution is 2.24. The van der Waals surface area contributed by atoms with Crippen molar-refractivity contribution in [2.75, 3.05) is 29.2 Å². The largest absolute Gasteiger partial charge is 0.366 e. The number of aromatic nitrogens is 2. The van der Waals surface area contributed by atoms with Crippen LogP contribution >= 0.6 is 0 Å². The summed E-state index contributed by atoms with van der Waals surface area (Å²) in [5.41, 5.74) is 0.829. The number of hydrogen-bond acceptors (Lipinski definition) is 6. The molecular formula is C13H16N4O2S. The second-order valence-corrected chi connectivity index (χ2v) is 7.14. The summed E-state index contributed by atoms with van der Waals surface area (Å²) in [6.07, 6.45) is 0.621. The molecule has 1 saturated heterocycles. The van der Waals surface area contributed by atoms with Crippen LogP contribution in [0.1, 0.15) is 6.42 Å². The van der Waals surface area contributed by atoms with E-state index in [9.17, 15) is 8.42 Å². The molecule has 1 fully saturated rings. The Balaban J connectivity index is 1.98. The Hall–Kier alpha value is -1.89.